The van der Waals surface area contributed by atoms with Crippen LogP contribution in [0, 0.1) is 11.8 Å². The maximum absolute atomic E-state index is 13.2. The van der Waals surface area contributed by atoms with E-state index in [1.807, 2.05) is 26.8 Å². The van der Waals surface area contributed by atoms with Gasteiger partial charge >= 0.3 is 5.97 Å². The molecule has 1 saturated heterocycles. The van der Waals surface area contributed by atoms with Crippen molar-refractivity contribution in [2.75, 3.05) is 6.61 Å². The molecule has 0 amide bonds. The molecule has 5 heterocycles. The smallest absolute Gasteiger partial charge is 0.306 e. The maximum atomic E-state index is 13.2. The first-order valence-corrected chi connectivity index (χ1v) is 20.9. The zero-order valence-corrected chi connectivity index (χ0v) is 36.0. The van der Waals surface area contributed by atoms with Crippen molar-refractivity contribution in [2.24, 2.45) is 26.8 Å². The Morgan fingerprint density at radius 2 is 1.58 bits per heavy atom. The number of aliphatic hydroxyl groups excluding tert-OH is 2. The quantitative estimate of drug-likeness (QED) is 0.127. The standard InChI is InChI=1S/C49H62N4O4/c1-12-35-29(6)38-25-41-44(34(11)54)32(9)47(52-41)33(10)46-30(7)36(19-20-43(56)57-22-21-28(5)18-14-17-27(4)16-13-15-26(2)3)48(53-46)37-23-42(55)45-31(8)39(51-49(37)45)24-40(35)50-38/h15,17,21,24-25,29,34-35,50,54-55H,12-14,16,18-20,22-23H2,1-11H3/b27-17+,28-21+,38-25?,40-24?,47-33?,48-37?/t29-,34?,35-/m1/s1. The van der Waals surface area contributed by atoms with Crippen molar-refractivity contribution in [1.29, 1.82) is 0 Å². The van der Waals surface area contributed by atoms with Crippen molar-refractivity contribution in [3.8, 4) is 0 Å². The molecule has 3 N–H and O–H groups in total. The van der Waals surface area contributed by atoms with Gasteiger partial charge in [-0.2, -0.15) is 0 Å². The summed E-state index contributed by atoms with van der Waals surface area (Å²) >= 11 is 0. The number of ether oxygens (including phenoxy) is 1. The van der Waals surface area contributed by atoms with E-state index < -0.39 is 6.10 Å². The normalized spacial score (nSPS) is 22.7. The zero-order valence-electron chi connectivity index (χ0n) is 36.0. The number of hydrogen-bond donors (Lipinski definition) is 3. The Morgan fingerprint density at radius 1 is 0.877 bits per heavy atom. The van der Waals surface area contributed by atoms with E-state index >= 15 is 0 Å². The van der Waals surface area contributed by atoms with Crippen molar-refractivity contribution in [3.05, 3.63) is 126 Å². The Kier molecular flexibility index (Phi) is 12.7. The summed E-state index contributed by atoms with van der Waals surface area (Å²) in [6.45, 7) is 23.2. The predicted octanol–water partition coefficient (Wildman–Crippen LogP) is 11.2. The number of fused-ring (bicyclic) bond motifs is 5. The summed E-state index contributed by atoms with van der Waals surface area (Å²) < 4.78 is 5.73. The number of allylic oxidation sites excluding steroid dienone is 16. The fourth-order valence-corrected chi connectivity index (χ4v) is 8.97. The van der Waals surface area contributed by atoms with E-state index in [0.29, 0.717) is 18.6 Å². The number of carbonyl (C=O) groups is 1. The van der Waals surface area contributed by atoms with Crippen LogP contribution in [0.4, 0.5) is 0 Å². The van der Waals surface area contributed by atoms with E-state index in [1.54, 1.807) is 6.92 Å². The first kappa shape index (κ1) is 41.8. The summed E-state index contributed by atoms with van der Waals surface area (Å²) in [4.78, 5) is 28.9. The van der Waals surface area contributed by atoms with Gasteiger partial charge in [0.15, 0.2) is 0 Å². The second-order valence-corrected chi connectivity index (χ2v) is 16.8. The topological polar surface area (TPSA) is 116 Å². The number of aliphatic hydroxyl groups is 2. The summed E-state index contributed by atoms with van der Waals surface area (Å²) in [6.07, 6.45) is 16.1. The molecule has 0 aromatic rings. The van der Waals surface area contributed by atoms with Gasteiger partial charge in [0.2, 0.25) is 0 Å². The average molecular weight is 771 g/mol. The van der Waals surface area contributed by atoms with E-state index in [1.165, 1.54) is 16.7 Å². The van der Waals surface area contributed by atoms with E-state index in [0.717, 1.165) is 122 Å². The molecule has 8 heteroatoms. The van der Waals surface area contributed by atoms with Gasteiger partial charge < -0.3 is 20.3 Å². The number of hydrogen-bond acceptors (Lipinski definition) is 8. The minimum absolute atomic E-state index is 0.193. The van der Waals surface area contributed by atoms with E-state index in [2.05, 4.69) is 78.1 Å². The second kappa shape index (κ2) is 17.4. The Balaban J connectivity index is 1.30. The lowest BCUT2D eigenvalue weighted by Gasteiger charge is -2.13. The molecule has 1 unspecified atom stereocenters. The molecule has 8 nitrogen and oxygen atoms in total. The van der Waals surface area contributed by atoms with Crippen molar-refractivity contribution >= 4 is 23.1 Å². The number of aliphatic imine (C=N–C) groups is 3. The van der Waals surface area contributed by atoms with Crippen LogP contribution in [0.2, 0.25) is 0 Å². The molecule has 6 aliphatic rings. The summed E-state index contributed by atoms with van der Waals surface area (Å²) in [5, 5.41) is 26.2. The van der Waals surface area contributed by atoms with E-state index in [4.69, 9.17) is 19.7 Å². The molecule has 6 rings (SSSR count). The maximum Gasteiger partial charge on any atom is 0.306 e. The molecule has 5 aliphatic heterocycles. The van der Waals surface area contributed by atoms with Gasteiger partial charge in [-0.3, -0.25) is 4.79 Å². The Labute approximate surface area is 340 Å². The van der Waals surface area contributed by atoms with Gasteiger partial charge in [-0.15, -0.1) is 0 Å². The van der Waals surface area contributed by atoms with Crippen LogP contribution in [0.3, 0.4) is 0 Å². The van der Waals surface area contributed by atoms with Crippen LogP contribution in [0.15, 0.2) is 141 Å². The number of nitrogens with one attached hydrogen (secondary N) is 1. The third-order valence-corrected chi connectivity index (χ3v) is 12.3. The first-order chi connectivity index (χ1) is 27.1. The molecule has 0 spiro atoms. The minimum Gasteiger partial charge on any atom is -0.511 e. The van der Waals surface area contributed by atoms with Gasteiger partial charge in [-0.1, -0.05) is 42.7 Å². The summed E-state index contributed by atoms with van der Waals surface area (Å²) in [7, 11) is 0. The lowest BCUT2D eigenvalue weighted by Crippen LogP contribution is -2.15. The number of nitrogens with zero attached hydrogens (tertiary/aromatic N) is 3. The predicted molar refractivity (Wildman–Crippen MR) is 234 cm³/mol. The average Bonchev–Trinajstić information content (AvgIpc) is 3.91. The molecule has 57 heavy (non-hydrogen) atoms. The van der Waals surface area contributed by atoms with Crippen molar-refractivity contribution in [2.45, 2.75) is 134 Å². The van der Waals surface area contributed by atoms with Gasteiger partial charge in [0, 0.05) is 58.4 Å². The van der Waals surface area contributed by atoms with Crippen LogP contribution in [-0.4, -0.2) is 46.0 Å². The van der Waals surface area contributed by atoms with Crippen molar-refractivity contribution in [3.63, 3.8) is 0 Å². The Bertz CT molecular complexity index is 2210. The summed E-state index contributed by atoms with van der Waals surface area (Å²) in [5.74, 6) is 0.488. The van der Waals surface area contributed by atoms with E-state index in [9.17, 15) is 15.0 Å². The first-order valence-electron chi connectivity index (χ1n) is 20.9. The number of carbonyl (C=O) groups excluding carboxylic acids is 1. The molecule has 3 atom stereocenters. The SMILES string of the molecule is CC[C@H]1C2=CC3=C(C)C4=C(O)CC(=C5N=C(C(C)=C5CCC(=O)OC/C=C(\C)CC/C=C(\C)CCC=C(C)C)C(C)=C5N=C(C=C(N2)[C@@H]1C)C(C(C)O)=C5C)C4=N3. The highest BCUT2D eigenvalue weighted by molar-refractivity contribution is 6.23. The lowest BCUT2D eigenvalue weighted by molar-refractivity contribution is -0.142. The molecule has 0 aromatic heterocycles. The van der Waals surface area contributed by atoms with Gasteiger partial charge in [-0.25, -0.2) is 15.0 Å². The molecule has 0 radical (unpaired) electrons. The molecule has 8 bridgehead atoms. The van der Waals surface area contributed by atoms with Crippen LogP contribution in [0.25, 0.3) is 0 Å². The molecule has 1 aliphatic carbocycles. The third kappa shape index (κ3) is 8.57. The fraction of sp³-hybridized carbons (Fsp3) is 0.469. The van der Waals surface area contributed by atoms with Crippen molar-refractivity contribution < 1.29 is 19.7 Å². The van der Waals surface area contributed by atoms with Gasteiger partial charge in [0.25, 0.3) is 0 Å². The number of rotatable bonds is 13. The molecule has 1 fully saturated rings. The molecular weight excluding hydrogens is 709 g/mol. The monoisotopic (exact) mass is 770 g/mol. The van der Waals surface area contributed by atoms with Gasteiger partial charge in [0.05, 0.1) is 40.3 Å². The van der Waals surface area contributed by atoms with Crippen LogP contribution in [0.5, 0.6) is 0 Å². The highest BCUT2D eigenvalue weighted by Gasteiger charge is 2.39. The third-order valence-electron chi connectivity index (χ3n) is 12.3. The molecule has 0 aromatic carbocycles. The molecule has 0 saturated carbocycles. The Morgan fingerprint density at radius 3 is 2.26 bits per heavy atom. The minimum atomic E-state index is -0.713. The van der Waals surface area contributed by atoms with Gasteiger partial charge in [-0.05, 0) is 141 Å². The molecule has 302 valence electrons. The highest BCUT2D eigenvalue weighted by Crippen LogP contribution is 2.46. The zero-order chi connectivity index (χ0) is 41.3. The van der Waals surface area contributed by atoms with E-state index in [-0.39, 0.29) is 30.8 Å². The van der Waals surface area contributed by atoms with Crippen molar-refractivity contribution in [1.82, 2.24) is 5.32 Å². The van der Waals surface area contributed by atoms with Crippen LogP contribution < -0.4 is 5.32 Å². The van der Waals surface area contributed by atoms with Crippen LogP contribution >= 0.6 is 0 Å². The second-order valence-electron chi connectivity index (χ2n) is 16.8. The lowest BCUT2D eigenvalue weighted by atomic mass is 9.89. The molecular formula is C49H62N4O4. The fourth-order valence-electron chi connectivity index (χ4n) is 8.97. The Hall–Kier alpha value is -4.82. The van der Waals surface area contributed by atoms with Gasteiger partial charge in [0.1, 0.15) is 12.4 Å². The summed E-state index contributed by atoms with van der Waals surface area (Å²) in [5.41, 5.74) is 17.9. The van der Waals surface area contributed by atoms with Crippen LogP contribution in [-0.2, 0) is 9.53 Å². The van der Waals surface area contributed by atoms with Crippen LogP contribution in [0.1, 0.15) is 128 Å². The highest BCUT2D eigenvalue weighted by atomic mass is 16.5. The number of esters is 1. The summed E-state index contributed by atoms with van der Waals surface area (Å²) in [6, 6.07) is 0. The largest absolute Gasteiger partial charge is 0.511 e.